The molecule has 0 bridgehead atoms. The second-order valence-corrected chi connectivity index (χ2v) is 7.10. The van der Waals surface area contributed by atoms with Crippen LogP contribution in [-0.2, 0) is 11.3 Å². The normalized spacial score (nSPS) is 12.2. The topological polar surface area (TPSA) is 95.3 Å². The van der Waals surface area contributed by atoms with Crippen LogP contribution in [0.5, 0.6) is 11.5 Å². The molecule has 0 spiro atoms. The van der Waals surface area contributed by atoms with Gasteiger partial charge in [0.15, 0.2) is 22.4 Å². The lowest BCUT2D eigenvalue weighted by atomic mass is 10.1. The smallest absolute Gasteiger partial charge is 0.234 e. The fraction of sp³-hybridized carbons (Fsp3) is 0.444. The van der Waals surface area contributed by atoms with Gasteiger partial charge in [0.1, 0.15) is 6.33 Å². The summed E-state index contributed by atoms with van der Waals surface area (Å²) in [5, 5.41) is 11.5. The number of hydrogen-bond acceptors (Lipinski definition) is 7. The van der Waals surface area contributed by atoms with Gasteiger partial charge in [0, 0.05) is 18.2 Å². The molecule has 8 nitrogen and oxygen atoms in total. The van der Waals surface area contributed by atoms with E-state index in [2.05, 4.69) is 22.4 Å². The van der Waals surface area contributed by atoms with Gasteiger partial charge in [-0.25, -0.2) is 0 Å². The first-order chi connectivity index (χ1) is 13.1. The van der Waals surface area contributed by atoms with Crippen molar-refractivity contribution in [3.63, 3.8) is 0 Å². The molecule has 1 N–H and O–H groups in total. The predicted molar refractivity (Wildman–Crippen MR) is 101 cm³/mol. The van der Waals surface area contributed by atoms with Crippen molar-refractivity contribution in [3.05, 3.63) is 24.0 Å². The third-order valence-corrected chi connectivity index (χ3v) is 5.06. The summed E-state index contributed by atoms with van der Waals surface area (Å²) >= 11 is 1.32. The number of thioether (sulfide) groups is 1. The Morgan fingerprint density at radius 3 is 2.78 bits per heavy atom. The quantitative estimate of drug-likeness (QED) is 0.399. The Morgan fingerprint density at radius 1 is 1.26 bits per heavy atom. The molecule has 0 fully saturated rings. The van der Waals surface area contributed by atoms with Crippen LogP contribution in [0.15, 0.2) is 23.6 Å². The van der Waals surface area contributed by atoms with E-state index in [1.54, 1.807) is 18.5 Å². The van der Waals surface area contributed by atoms with Crippen molar-refractivity contribution in [2.75, 3.05) is 17.9 Å². The Bertz CT molecular complexity index is 837. The van der Waals surface area contributed by atoms with Crippen LogP contribution in [0.1, 0.15) is 43.5 Å². The standard InChI is InChI=1S/C18H22N4O4S/c1-3-4-5-6-22-10-19-21-18(22)27-9-17(24)20-14-8-16-15(25-11-26-16)7-13(14)12(2)23/h7-8,10H,3-6,9,11H2,1-2H3,(H,20,24). The van der Waals surface area contributed by atoms with Gasteiger partial charge < -0.3 is 19.4 Å². The molecule has 1 aliphatic heterocycles. The van der Waals surface area contributed by atoms with Gasteiger partial charge in [0.2, 0.25) is 12.7 Å². The summed E-state index contributed by atoms with van der Waals surface area (Å²) in [7, 11) is 0. The molecule has 1 aromatic heterocycles. The number of nitrogens with zero attached hydrogens (tertiary/aromatic N) is 3. The van der Waals surface area contributed by atoms with Gasteiger partial charge in [-0.3, -0.25) is 9.59 Å². The largest absolute Gasteiger partial charge is 0.454 e. The zero-order valence-corrected chi connectivity index (χ0v) is 16.2. The highest BCUT2D eigenvalue weighted by molar-refractivity contribution is 7.99. The fourth-order valence-corrected chi connectivity index (χ4v) is 3.44. The van der Waals surface area contributed by atoms with Crippen LogP contribution in [0.2, 0.25) is 0 Å². The number of aromatic nitrogens is 3. The average molecular weight is 390 g/mol. The highest BCUT2D eigenvalue weighted by Crippen LogP contribution is 2.37. The number of benzene rings is 1. The zero-order chi connectivity index (χ0) is 19.2. The van der Waals surface area contributed by atoms with Gasteiger partial charge in [-0.15, -0.1) is 10.2 Å². The van der Waals surface area contributed by atoms with Crippen LogP contribution in [0.25, 0.3) is 0 Å². The van der Waals surface area contributed by atoms with E-state index in [0.717, 1.165) is 25.8 Å². The molecule has 3 rings (SSSR count). The molecule has 1 aliphatic rings. The van der Waals surface area contributed by atoms with Gasteiger partial charge in [-0.2, -0.15) is 0 Å². The maximum atomic E-state index is 12.4. The first-order valence-corrected chi connectivity index (χ1v) is 9.82. The Kier molecular flexibility index (Phi) is 6.33. The van der Waals surface area contributed by atoms with E-state index in [1.165, 1.54) is 18.7 Å². The Labute approximate surface area is 161 Å². The van der Waals surface area contributed by atoms with E-state index >= 15 is 0 Å². The van der Waals surface area contributed by atoms with E-state index < -0.39 is 0 Å². The molecule has 0 atom stereocenters. The van der Waals surface area contributed by atoms with Gasteiger partial charge >= 0.3 is 0 Å². The van der Waals surface area contributed by atoms with Crippen molar-refractivity contribution in [2.24, 2.45) is 0 Å². The first-order valence-electron chi connectivity index (χ1n) is 8.83. The van der Waals surface area contributed by atoms with E-state index in [-0.39, 0.29) is 24.2 Å². The third-order valence-electron chi connectivity index (χ3n) is 4.08. The number of amides is 1. The summed E-state index contributed by atoms with van der Waals surface area (Å²) in [4.78, 5) is 24.3. The number of unbranched alkanes of at least 4 members (excludes halogenated alkanes) is 2. The Morgan fingerprint density at radius 2 is 2.04 bits per heavy atom. The van der Waals surface area contributed by atoms with Gasteiger partial charge in [-0.1, -0.05) is 31.5 Å². The molecule has 0 saturated carbocycles. The summed E-state index contributed by atoms with van der Waals surface area (Å²) in [6, 6.07) is 3.21. The monoisotopic (exact) mass is 390 g/mol. The molecule has 144 valence electrons. The number of rotatable bonds is 9. The summed E-state index contributed by atoms with van der Waals surface area (Å²) in [5.41, 5.74) is 0.807. The minimum atomic E-state index is -0.232. The van der Waals surface area contributed by atoms with E-state index in [1.807, 2.05) is 4.57 Å². The highest BCUT2D eigenvalue weighted by atomic mass is 32.2. The first kappa shape index (κ1) is 19.2. The second kappa shape index (κ2) is 8.90. The molecule has 1 aromatic carbocycles. The number of hydrogen-bond donors (Lipinski definition) is 1. The number of ketones is 1. The number of carbonyl (C=O) groups excluding carboxylic acids is 2. The van der Waals surface area contributed by atoms with E-state index in [0.29, 0.717) is 27.9 Å². The summed E-state index contributed by atoms with van der Waals surface area (Å²) in [5.74, 6) is 0.793. The molecular weight excluding hydrogens is 368 g/mol. The highest BCUT2D eigenvalue weighted by Gasteiger charge is 2.20. The lowest BCUT2D eigenvalue weighted by molar-refractivity contribution is -0.113. The summed E-state index contributed by atoms with van der Waals surface area (Å²) < 4.78 is 12.6. The molecular formula is C18H22N4O4S. The molecule has 0 saturated heterocycles. The molecule has 9 heteroatoms. The Balaban J connectivity index is 1.62. The minimum Gasteiger partial charge on any atom is -0.454 e. The molecule has 0 unspecified atom stereocenters. The maximum absolute atomic E-state index is 12.4. The maximum Gasteiger partial charge on any atom is 0.234 e. The number of anilines is 1. The van der Waals surface area contributed by atoms with Crippen LogP contribution in [0.4, 0.5) is 5.69 Å². The number of aryl methyl sites for hydroxylation is 1. The van der Waals surface area contributed by atoms with Crippen LogP contribution in [-0.4, -0.2) is 39.0 Å². The molecule has 2 aromatic rings. The number of carbonyl (C=O) groups is 2. The van der Waals surface area contributed by atoms with Gasteiger partial charge in [0.25, 0.3) is 0 Å². The number of nitrogens with one attached hydrogen (secondary N) is 1. The Hall–Kier alpha value is -2.55. The van der Waals surface area contributed by atoms with Crippen molar-refractivity contribution in [1.29, 1.82) is 0 Å². The lowest BCUT2D eigenvalue weighted by Crippen LogP contribution is -2.16. The fourth-order valence-electron chi connectivity index (χ4n) is 2.69. The summed E-state index contributed by atoms with van der Waals surface area (Å²) in [6.07, 6.45) is 5.01. The SMILES string of the molecule is CCCCCn1cnnc1SCC(=O)Nc1cc2c(cc1C(C)=O)OCO2. The molecule has 0 radical (unpaired) electrons. The molecule has 27 heavy (non-hydrogen) atoms. The van der Waals surface area contributed by atoms with Crippen LogP contribution in [0, 0.1) is 0 Å². The van der Waals surface area contributed by atoms with Crippen LogP contribution < -0.4 is 14.8 Å². The van der Waals surface area contributed by atoms with Crippen molar-refractivity contribution < 1.29 is 19.1 Å². The van der Waals surface area contributed by atoms with E-state index in [4.69, 9.17) is 9.47 Å². The predicted octanol–water partition coefficient (Wildman–Crippen LogP) is 3.13. The van der Waals surface area contributed by atoms with Gasteiger partial charge in [-0.05, 0) is 19.4 Å². The summed E-state index contributed by atoms with van der Waals surface area (Å²) in [6.45, 7) is 4.54. The number of fused-ring (bicyclic) bond motifs is 1. The second-order valence-electron chi connectivity index (χ2n) is 6.16. The third kappa shape index (κ3) is 4.79. The van der Waals surface area contributed by atoms with Crippen molar-refractivity contribution >= 4 is 29.1 Å². The van der Waals surface area contributed by atoms with E-state index in [9.17, 15) is 9.59 Å². The molecule has 0 aliphatic carbocycles. The molecule has 2 heterocycles. The minimum absolute atomic E-state index is 0.105. The lowest BCUT2D eigenvalue weighted by Gasteiger charge is -2.11. The molecule has 1 amide bonds. The van der Waals surface area contributed by atoms with Gasteiger partial charge in [0.05, 0.1) is 11.4 Å². The number of Topliss-reactive ketones (excluding diaryl/α,β-unsaturated/α-hetero) is 1. The van der Waals surface area contributed by atoms with Crippen LogP contribution in [0.3, 0.4) is 0 Å². The zero-order valence-electron chi connectivity index (χ0n) is 15.4. The van der Waals surface area contributed by atoms with Crippen molar-refractivity contribution in [1.82, 2.24) is 14.8 Å². The number of ether oxygens (including phenoxy) is 2. The van der Waals surface area contributed by atoms with Crippen molar-refractivity contribution in [3.8, 4) is 11.5 Å². The van der Waals surface area contributed by atoms with Crippen molar-refractivity contribution in [2.45, 2.75) is 44.8 Å². The van der Waals surface area contributed by atoms with Crippen LogP contribution >= 0.6 is 11.8 Å². The average Bonchev–Trinajstić information content (AvgIpc) is 3.28.